The molecule has 6 nitrogen and oxygen atoms in total. The van der Waals surface area contributed by atoms with Crippen molar-refractivity contribution in [3.8, 4) is 0 Å². The number of aldehydes is 1. The van der Waals surface area contributed by atoms with Gasteiger partial charge in [-0.3, -0.25) is 4.79 Å². The molecule has 0 radical (unpaired) electrons. The first-order valence-corrected chi connectivity index (χ1v) is 20.9. The van der Waals surface area contributed by atoms with Gasteiger partial charge in [0, 0.05) is 16.4 Å². The predicted molar refractivity (Wildman–Crippen MR) is 205 cm³/mol. The molecule has 50 heavy (non-hydrogen) atoms. The highest BCUT2D eigenvalue weighted by Gasteiger charge is 2.75. The summed E-state index contributed by atoms with van der Waals surface area (Å²) in [5.41, 5.74) is 9.26. The van der Waals surface area contributed by atoms with Gasteiger partial charge in [-0.1, -0.05) is 60.6 Å². The maximum atomic E-state index is 13.1. The maximum Gasteiger partial charge on any atom is 0.307 e. The average molecular weight is 694 g/mol. The summed E-state index contributed by atoms with van der Waals surface area (Å²) in [6.07, 6.45) is 17.9. The smallest absolute Gasteiger partial charge is 0.307 e. The molecule has 5 unspecified atom stereocenters. The van der Waals surface area contributed by atoms with Gasteiger partial charge in [0.1, 0.15) is 12.4 Å². The summed E-state index contributed by atoms with van der Waals surface area (Å²) in [4.78, 5) is 27.3. The molecular formula is C44H75N3O3. The summed E-state index contributed by atoms with van der Waals surface area (Å²) >= 11 is 0. The average Bonchev–Trinajstić information content (AvgIpc) is 3.70. The van der Waals surface area contributed by atoms with E-state index >= 15 is 0 Å². The zero-order chi connectivity index (χ0) is 36.4. The van der Waals surface area contributed by atoms with Crippen LogP contribution in [0.4, 0.5) is 0 Å². The van der Waals surface area contributed by atoms with Crippen molar-refractivity contribution in [1.82, 2.24) is 10.2 Å². The third-order valence-electron chi connectivity index (χ3n) is 17.5. The third-order valence-corrected chi connectivity index (χ3v) is 17.5. The quantitative estimate of drug-likeness (QED) is 0.0921. The van der Waals surface area contributed by atoms with Crippen LogP contribution in [0.2, 0.25) is 0 Å². The van der Waals surface area contributed by atoms with Crippen LogP contribution >= 0.6 is 0 Å². The van der Waals surface area contributed by atoms with E-state index in [9.17, 15) is 9.59 Å². The highest BCUT2D eigenvalue weighted by molar-refractivity contribution is 5.75. The molecule has 0 aromatic carbocycles. The minimum atomic E-state index is -0.688. The van der Waals surface area contributed by atoms with Crippen LogP contribution in [-0.4, -0.2) is 61.5 Å². The number of nitrogens with one attached hydrogen (secondary N) is 1. The van der Waals surface area contributed by atoms with E-state index in [4.69, 9.17) is 10.5 Å². The Morgan fingerprint density at radius 2 is 1.64 bits per heavy atom. The van der Waals surface area contributed by atoms with E-state index in [0.29, 0.717) is 29.1 Å². The van der Waals surface area contributed by atoms with Crippen molar-refractivity contribution in [2.45, 2.75) is 163 Å². The summed E-state index contributed by atoms with van der Waals surface area (Å²) < 4.78 is 6.26. The van der Waals surface area contributed by atoms with Gasteiger partial charge in [-0.2, -0.15) is 0 Å². The second kappa shape index (κ2) is 13.6. The van der Waals surface area contributed by atoms with Gasteiger partial charge in [0.25, 0.3) is 0 Å². The van der Waals surface area contributed by atoms with E-state index in [-0.39, 0.29) is 45.7 Å². The van der Waals surface area contributed by atoms with E-state index in [1.165, 1.54) is 89.4 Å². The molecule has 0 aromatic rings. The van der Waals surface area contributed by atoms with Crippen LogP contribution in [0.5, 0.6) is 0 Å². The van der Waals surface area contributed by atoms with Crippen LogP contribution in [0, 0.1) is 56.2 Å². The molecule has 10 atom stereocenters. The summed E-state index contributed by atoms with van der Waals surface area (Å²) in [6, 6.07) is 0. The Bertz CT molecular complexity index is 1290. The Morgan fingerprint density at radius 3 is 2.32 bits per heavy atom. The molecule has 0 aromatic heterocycles. The number of nitrogens with zero attached hydrogens (tertiary/aromatic N) is 1. The SMILES string of the molecule is C=C(C)[C@@H]1CCC2(CCNCCCN3CCCC3)CC[C@@]3(C)C4(C)CC[C@H]5C(C)(C)C(OC(=O)CC(C)(C)C=O)CCC5(C)[C@H]4CCC3(N)[C@@H]12. The highest BCUT2D eigenvalue weighted by atomic mass is 16.5. The first kappa shape index (κ1) is 38.5. The van der Waals surface area contributed by atoms with Gasteiger partial charge in [-0.25, -0.2) is 0 Å². The summed E-state index contributed by atoms with van der Waals surface area (Å²) in [5.74, 6) is 1.89. The number of rotatable bonds is 12. The van der Waals surface area contributed by atoms with E-state index in [0.717, 1.165) is 45.1 Å². The van der Waals surface area contributed by atoms with Gasteiger partial charge in [-0.05, 0) is 175 Å². The lowest BCUT2D eigenvalue weighted by Crippen LogP contribution is -2.76. The number of ether oxygens (including phenoxy) is 1. The lowest BCUT2D eigenvalue weighted by molar-refractivity contribution is -0.256. The molecule has 284 valence electrons. The Kier molecular flexibility index (Phi) is 10.4. The number of carbonyl (C=O) groups excluding carboxylic acids is 2. The Balaban J connectivity index is 1.20. The van der Waals surface area contributed by atoms with Crippen LogP contribution in [-0.2, 0) is 14.3 Å². The van der Waals surface area contributed by atoms with Crippen molar-refractivity contribution >= 4 is 12.3 Å². The second-order valence-electron chi connectivity index (χ2n) is 20.8. The lowest BCUT2D eigenvalue weighted by atomic mass is 9.30. The van der Waals surface area contributed by atoms with Crippen molar-refractivity contribution in [2.24, 2.45) is 61.9 Å². The van der Waals surface area contributed by atoms with E-state index in [1.807, 2.05) is 13.8 Å². The summed E-state index contributed by atoms with van der Waals surface area (Å²) in [5, 5.41) is 3.89. The number of hydrogen-bond donors (Lipinski definition) is 2. The fourth-order valence-corrected chi connectivity index (χ4v) is 14.6. The molecule has 6 rings (SSSR count). The molecule has 6 fully saturated rings. The third kappa shape index (κ3) is 6.09. The largest absolute Gasteiger partial charge is 0.462 e. The molecule has 5 saturated carbocycles. The van der Waals surface area contributed by atoms with Crippen molar-refractivity contribution in [2.75, 3.05) is 32.7 Å². The predicted octanol–water partition coefficient (Wildman–Crippen LogP) is 8.72. The summed E-state index contributed by atoms with van der Waals surface area (Å²) in [6.45, 7) is 29.3. The van der Waals surface area contributed by atoms with Crippen LogP contribution in [0.25, 0.3) is 0 Å². The van der Waals surface area contributed by atoms with Crippen LogP contribution in [0.15, 0.2) is 12.2 Å². The Labute approximate surface area is 306 Å². The van der Waals surface area contributed by atoms with Crippen molar-refractivity contribution in [3.05, 3.63) is 12.2 Å². The normalized spacial score (nSPS) is 44.1. The van der Waals surface area contributed by atoms with Crippen molar-refractivity contribution < 1.29 is 14.3 Å². The molecule has 6 heteroatoms. The zero-order valence-corrected chi connectivity index (χ0v) is 33.6. The van der Waals surface area contributed by atoms with Crippen LogP contribution in [0.1, 0.15) is 152 Å². The number of allylic oxidation sites excluding steroid dienone is 1. The number of carbonyl (C=O) groups is 2. The van der Waals surface area contributed by atoms with E-state index in [1.54, 1.807) is 0 Å². The molecule has 1 aliphatic heterocycles. The molecule has 5 aliphatic carbocycles. The van der Waals surface area contributed by atoms with Crippen LogP contribution < -0.4 is 11.1 Å². The number of fused-ring (bicyclic) bond motifs is 7. The molecule has 1 saturated heterocycles. The van der Waals surface area contributed by atoms with Gasteiger partial charge in [-0.15, -0.1) is 0 Å². The Hall–Kier alpha value is -1.24. The molecule has 1 heterocycles. The number of hydrogen-bond acceptors (Lipinski definition) is 6. The summed E-state index contributed by atoms with van der Waals surface area (Å²) in [7, 11) is 0. The fraction of sp³-hybridized carbons (Fsp3) is 0.909. The first-order valence-electron chi connectivity index (χ1n) is 20.9. The molecule has 6 aliphatic rings. The number of likely N-dealkylation sites (tertiary alicyclic amines) is 1. The zero-order valence-electron chi connectivity index (χ0n) is 33.6. The number of nitrogens with two attached hydrogens (primary N) is 1. The second-order valence-corrected chi connectivity index (χ2v) is 20.8. The molecule has 3 N–H and O–H groups in total. The first-order chi connectivity index (χ1) is 23.4. The maximum absolute atomic E-state index is 13.1. The van der Waals surface area contributed by atoms with Gasteiger partial charge < -0.3 is 25.5 Å². The lowest BCUT2D eigenvalue weighted by Gasteiger charge is -2.75. The standard InChI is InChI=1S/C44H75N3O3/c1-31(2)32-13-19-43(23-25-46-24-12-28-47-26-10-11-27-47)22-21-42(9)41(8)18-14-33-39(5,6)35(50-36(49)29-38(3,4)30-48)16-17-40(33,7)34(41)15-20-44(42,45)37(32)43/h30,32-35,37,46H,1,10-29,45H2,2-9H3/t32-,33-,34+,35?,37-,40?,41?,42-,43?,44?/m0/s1. The van der Waals surface area contributed by atoms with Gasteiger partial charge >= 0.3 is 5.97 Å². The van der Waals surface area contributed by atoms with Crippen LogP contribution in [0.3, 0.4) is 0 Å². The topological polar surface area (TPSA) is 84.7 Å². The van der Waals surface area contributed by atoms with Gasteiger partial charge in [0.05, 0.1) is 6.42 Å². The molecule has 0 spiro atoms. The highest BCUT2D eigenvalue weighted by Crippen LogP contribution is 2.78. The van der Waals surface area contributed by atoms with E-state index in [2.05, 4.69) is 58.3 Å². The monoisotopic (exact) mass is 694 g/mol. The minimum Gasteiger partial charge on any atom is -0.462 e. The molecule has 0 bridgehead atoms. The van der Waals surface area contributed by atoms with Crippen molar-refractivity contribution in [3.63, 3.8) is 0 Å². The molecule has 0 amide bonds. The number of esters is 1. The van der Waals surface area contributed by atoms with Gasteiger partial charge in [0.15, 0.2) is 0 Å². The van der Waals surface area contributed by atoms with E-state index < -0.39 is 5.41 Å². The molecular weight excluding hydrogens is 619 g/mol. The van der Waals surface area contributed by atoms with Gasteiger partial charge in [0.2, 0.25) is 0 Å². The Morgan fingerprint density at radius 1 is 0.940 bits per heavy atom. The fourth-order valence-electron chi connectivity index (χ4n) is 14.6. The van der Waals surface area contributed by atoms with Crippen molar-refractivity contribution in [1.29, 1.82) is 0 Å². The minimum absolute atomic E-state index is 0.0696.